The molecule has 0 spiro atoms. The molecule has 182 valence electrons. The summed E-state index contributed by atoms with van der Waals surface area (Å²) in [5.74, 6) is -0.672. The molecule has 0 radical (unpaired) electrons. The van der Waals surface area contributed by atoms with Gasteiger partial charge in [0, 0.05) is 0 Å². The van der Waals surface area contributed by atoms with Gasteiger partial charge in [-0.15, -0.1) is 0 Å². The zero-order chi connectivity index (χ0) is 24.1. The SMILES string of the molecule is CP(CCCCCCCCCCCC(=O)O)(c1ccccc1)(c1ccccc1)c1ccccc1. The first-order valence-electron chi connectivity index (χ1n) is 12.9. The minimum absolute atomic E-state index is 0.313. The monoisotopic (exact) mass is 476 g/mol. The Morgan fingerprint density at radius 2 is 0.882 bits per heavy atom. The maximum absolute atomic E-state index is 10.6. The van der Waals surface area contributed by atoms with Crippen molar-refractivity contribution in [3.8, 4) is 0 Å². The van der Waals surface area contributed by atoms with Crippen LogP contribution in [0.2, 0.25) is 0 Å². The molecule has 3 heteroatoms. The van der Waals surface area contributed by atoms with E-state index in [1.54, 1.807) is 0 Å². The maximum atomic E-state index is 10.6. The number of unbranched alkanes of at least 4 members (excludes halogenated alkanes) is 8. The van der Waals surface area contributed by atoms with Crippen LogP contribution in [0.3, 0.4) is 0 Å². The van der Waals surface area contributed by atoms with Gasteiger partial charge in [0.15, 0.2) is 0 Å². The number of hydrogen-bond acceptors (Lipinski definition) is 1. The third-order valence-electron chi connectivity index (χ3n) is 7.47. The molecule has 3 aromatic rings. The van der Waals surface area contributed by atoms with Crippen LogP contribution in [0, 0.1) is 0 Å². The molecule has 1 N–H and O–H groups in total. The molecule has 3 aromatic carbocycles. The molecule has 0 atom stereocenters. The van der Waals surface area contributed by atoms with Gasteiger partial charge in [0.25, 0.3) is 0 Å². The summed E-state index contributed by atoms with van der Waals surface area (Å²) in [6.07, 6.45) is 12.1. The normalized spacial score (nSPS) is 12.7. The van der Waals surface area contributed by atoms with Crippen LogP contribution < -0.4 is 15.9 Å². The molecule has 0 amide bonds. The zero-order valence-electron chi connectivity index (χ0n) is 20.7. The van der Waals surface area contributed by atoms with E-state index >= 15 is 0 Å². The van der Waals surface area contributed by atoms with E-state index in [2.05, 4.69) is 97.7 Å². The minimum atomic E-state index is -2.58. The quantitative estimate of drug-likeness (QED) is 0.187. The second-order valence-corrected chi connectivity index (χ2v) is 15.4. The molecule has 0 fully saturated rings. The Hall–Kier alpha value is -2.44. The van der Waals surface area contributed by atoms with Crippen LogP contribution in [-0.4, -0.2) is 23.9 Å². The van der Waals surface area contributed by atoms with Crippen molar-refractivity contribution in [2.24, 2.45) is 0 Å². The molecule has 0 saturated heterocycles. The average molecular weight is 477 g/mol. The summed E-state index contributed by atoms with van der Waals surface area (Å²) in [5, 5.41) is 13.2. The van der Waals surface area contributed by atoms with Crippen LogP contribution in [-0.2, 0) is 4.79 Å². The van der Waals surface area contributed by atoms with Crippen molar-refractivity contribution in [3.05, 3.63) is 91.0 Å². The van der Waals surface area contributed by atoms with E-state index < -0.39 is 12.6 Å². The summed E-state index contributed by atoms with van der Waals surface area (Å²) < 4.78 is 0. The first-order valence-corrected chi connectivity index (χ1v) is 15.8. The van der Waals surface area contributed by atoms with Gasteiger partial charge in [-0.3, -0.25) is 4.79 Å². The Bertz CT molecular complexity index is 886. The molecule has 34 heavy (non-hydrogen) atoms. The Morgan fingerprint density at radius 1 is 0.559 bits per heavy atom. The van der Waals surface area contributed by atoms with Crippen LogP contribution in [0.15, 0.2) is 91.0 Å². The fraction of sp³-hybridized carbons (Fsp3) is 0.387. The summed E-state index contributed by atoms with van der Waals surface area (Å²) in [6, 6.07) is 33.7. The molecule has 0 unspecified atom stereocenters. The predicted molar refractivity (Wildman–Crippen MR) is 150 cm³/mol. The van der Waals surface area contributed by atoms with Crippen molar-refractivity contribution in [2.75, 3.05) is 12.8 Å². The molecular formula is C31H41O2P. The third kappa shape index (κ3) is 6.36. The number of carboxylic acids is 1. The number of hydrogen-bond donors (Lipinski definition) is 1. The van der Waals surface area contributed by atoms with Crippen molar-refractivity contribution < 1.29 is 9.90 Å². The molecule has 0 bridgehead atoms. The summed E-state index contributed by atoms with van der Waals surface area (Å²) >= 11 is 0. The van der Waals surface area contributed by atoms with Crippen LogP contribution in [0.4, 0.5) is 0 Å². The summed E-state index contributed by atoms with van der Waals surface area (Å²) in [5.41, 5.74) is 0. The van der Waals surface area contributed by atoms with Crippen molar-refractivity contribution >= 4 is 28.5 Å². The van der Waals surface area contributed by atoms with Gasteiger partial charge >= 0.3 is 197 Å². The fourth-order valence-electron chi connectivity index (χ4n) is 5.35. The van der Waals surface area contributed by atoms with E-state index in [-0.39, 0.29) is 0 Å². The second-order valence-electron chi connectivity index (χ2n) is 9.85. The van der Waals surface area contributed by atoms with Crippen LogP contribution in [0.25, 0.3) is 0 Å². The Kier molecular flexibility index (Phi) is 9.90. The van der Waals surface area contributed by atoms with Gasteiger partial charge in [-0.2, -0.15) is 0 Å². The van der Waals surface area contributed by atoms with Gasteiger partial charge in [-0.25, -0.2) is 0 Å². The number of aliphatic carboxylic acids is 1. The molecule has 0 aliphatic carbocycles. The summed E-state index contributed by atoms with van der Waals surface area (Å²) in [4.78, 5) is 10.6. The zero-order valence-corrected chi connectivity index (χ0v) is 21.6. The molecule has 2 nitrogen and oxygen atoms in total. The number of benzene rings is 3. The predicted octanol–water partition coefficient (Wildman–Crippen LogP) is 7.13. The molecule has 0 aliphatic rings. The van der Waals surface area contributed by atoms with E-state index in [9.17, 15) is 4.79 Å². The standard InChI is InChI=1S/C31H41O2P/c1-34(28-20-12-9-13-21-28,29-22-14-10-15-23-29,30-24-16-11-17-25-30)27-19-8-6-4-2-3-5-7-18-26-31(32)33/h9-17,20-25H,2-8,18-19,26-27H2,1H3,(H,32,33). The summed E-state index contributed by atoms with van der Waals surface area (Å²) in [6.45, 7) is -0.0128. The van der Waals surface area contributed by atoms with Crippen molar-refractivity contribution in [1.29, 1.82) is 0 Å². The Morgan fingerprint density at radius 3 is 1.24 bits per heavy atom. The topological polar surface area (TPSA) is 37.3 Å². The number of carboxylic acid groups (broad SMARTS) is 1. The van der Waals surface area contributed by atoms with Gasteiger partial charge in [0.1, 0.15) is 0 Å². The van der Waals surface area contributed by atoms with Crippen molar-refractivity contribution in [1.82, 2.24) is 0 Å². The van der Waals surface area contributed by atoms with E-state index in [0.29, 0.717) is 6.42 Å². The first kappa shape index (κ1) is 26.2. The molecule has 0 aromatic heterocycles. The molecule has 0 aliphatic heterocycles. The van der Waals surface area contributed by atoms with Gasteiger partial charge in [0.2, 0.25) is 0 Å². The van der Waals surface area contributed by atoms with Crippen molar-refractivity contribution in [3.63, 3.8) is 0 Å². The molecule has 3 rings (SSSR count). The summed E-state index contributed by atoms with van der Waals surface area (Å²) in [7, 11) is 0. The molecule has 0 saturated carbocycles. The van der Waals surface area contributed by atoms with Crippen LogP contribution >= 0.6 is 6.60 Å². The second kappa shape index (κ2) is 12.9. The van der Waals surface area contributed by atoms with Gasteiger partial charge in [-0.05, 0) is 0 Å². The average Bonchev–Trinajstić information content (AvgIpc) is 2.88. The van der Waals surface area contributed by atoms with Crippen LogP contribution in [0.5, 0.6) is 0 Å². The van der Waals surface area contributed by atoms with E-state index in [1.165, 1.54) is 60.6 Å². The van der Waals surface area contributed by atoms with Crippen molar-refractivity contribution in [2.45, 2.75) is 64.2 Å². The Labute approximate surface area is 206 Å². The number of carbonyl (C=O) groups is 1. The Balaban J connectivity index is 1.68. The van der Waals surface area contributed by atoms with E-state index in [4.69, 9.17) is 5.11 Å². The molecular weight excluding hydrogens is 435 g/mol. The van der Waals surface area contributed by atoms with Crippen LogP contribution in [0.1, 0.15) is 64.2 Å². The van der Waals surface area contributed by atoms with E-state index in [0.717, 1.165) is 19.3 Å². The van der Waals surface area contributed by atoms with Gasteiger partial charge in [0.05, 0.1) is 0 Å². The molecule has 0 heterocycles. The number of rotatable bonds is 15. The third-order valence-corrected chi connectivity index (χ3v) is 14.0. The van der Waals surface area contributed by atoms with E-state index in [1.807, 2.05) is 0 Å². The fourth-order valence-corrected chi connectivity index (χ4v) is 11.0. The first-order chi connectivity index (χ1) is 16.6. The van der Waals surface area contributed by atoms with Gasteiger partial charge < -0.3 is 5.11 Å². The van der Waals surface area contributed by atoms with Gasteiger partial charge in [-0.1, -0.05) is 0 Å².